The Morgan fingerprint density at radius 2 is 1.75 bits per heavy atom. The van der Waals surface area contributed by atoms with Crippen LogP contribution in [0.5, 0.6) is 11.5 Å². The molecule has 4 aromatic rings. The highest BCUT2D eigenvalue weighted by atomic mass is 19.3. The van der Waals surface area contributed by atoms with E-state index in [0.29, 0.717) is 28.4 Å². The van der Waals surface area contributed by atoms with Crippen molar-refractivity contribution in [2.24, 2.45) is 0 Å². The Morgan fingerprint density at radius 3 is 2.54 bits per heavy atom. The molecular weight excluding hydrogens is 371 g/mol. The van der Waals surface area contributed by atoms with Crippen LogP contribution >= 0.6 is 0 Å². The Labute approximate surface area is 157 Å². The lowest BCUT2D eigenvalue weighted by molar-refractivity contribution is 0.153. The van der Waals surface area contributed by atoms with Crippen molar-refractivity contribution >= 4 is 11.0 Å². The number of hydrogen-bond donors (Lipinski definition) is 0. The first kappa shape index (κ1) is 16.6. The quantitative estimate of drug-likeness (QED) is 0.505. The maximum Gasteiger partial charge on any atom is 0.264 e. The van der Waals surface area contributed by atoms with Gasteiger partial charge in [0, 0.05) is 16.5 Å². The lowest BCUT2D eigenvalue weighted by Gasteiger charge is -2.09. The summed E-state index contributed by atoms with van der Waals surface area (Å²) in [4.78, 5) is 4.55. The molecule has 8 heteroatoms. The molecule has 1 aliphatic heterocycles. The maximum atomic E-state index is 13.7. The maximum absolute atomic E-state index is 13.7. The summed E-state index contributed by atoms with van der Waals surface area (Å²) < 4.78 is 52.7. The van der Waals surface area contributed by atoms with Gasteiger partial charge in [-0.25, -0.2) is 22.8 Å². The molecule has 0 atom stereocenters. The van der Waals surface area contributed by atoms with Gasteiger partial charge in [-0.3, -0.25) is 0 Å². The first-order valence-electron chi connectivity index (χ1n) is 8.43. The number of hydrogen-bond acceptors (Lipinski definition) is 4. The van der Waals surface area contributed by atoms with Crippen LogP contribution in [0.1, 0.15) is 12.0 Å². The van der Waals surface area contributed by atoms with Gasteiger partial charge in [0.05, 0.1) is 17.6 Å². The minimum absolute atomic E-state index is 0.116. The summed E-state index contributed by atoms with van der Waals surface area (Å²) in [5, 5.41) is 4.42. The summed E-state index contributed by atoms with van der Waals surface area (Å²) in [5.41, 5.74) is 1.57. The fourth-order valence-electron chi connectivity index (χ4n) is 3.18. The van der Waals surface area contributed by atoms with E-state index >= 15 is 0 Å². The van der Waals surface area contributed by atoms with Gasteiger partial charge in [-0.2, -0.15) is 5.10 Å². The van der Waals surface area contributed by atoms with Crippen molar-refractivity contribution in [1.29, 1.82) is 0 Å². The van der Waals surface area contributed by atoms with Crippen LogP contribution in [0, 0.1) is 5.82 Å². The summed E-state index contributed by atoms with van der Waals surface area (Å²) in [7, 11) is 0. The molecule has 5 rings (SSSR count). The number of pyridine rings is 1. The standard InChI is InChI=1S/C20H12F3N3O2/c21-12-2-4-13(5-3-12)26-20-15(9-24-26)14(19(22)23)8-16(25-20)11-1-6-17-18(7-11)28-10-27-17/h1-9,19H,10H2. The third-order valence-electron chi connectivity index (χ3n) is 4.55. The number of rotatable bonds is 3. The molecule has 0 radical (unpaired) electrons. The Balaban J connectivity index is 1.72. The average Bonchev–Trinajstić information content (AvgIpc) is 3.34. The number of alkyl halides is 2. The van der Waals surface area contributed by atoms with Crippen LogP contribution in [0.4, 0.5) is 13.2 Å². The molecule has 0 aliphatic carbocycles. The zero-order valence-electron chi connectivity index (χ0n) is 14.3. The number of benzene rings is 2. The first-order valence-corrected chi connectivity index (χ1v) is 8.43. The molecule has 0 fully saturated rings. The zero-order valence-corrected chi connectivity index (χ0v) is 14.3. The van der Waals surface area contributed by atoms with E-state index in [2.05, 4.69) is 10.1 Å². The van der Waals surface area contributed by atoms with Gasteiger partial charge in [0.2, 0.25) is 6.79 Å². The van der Waals surface area contributed by atoms with Crippen LogP contribution < -0.4 is 9.47 Å². The predicted octanol–water partition coefficient (Wildman–Crippen LogP) is 4.89. The summed E-state index contributed by atoms with van der Waals surface area (Å²) in [6.07, 6.45) is -1.36. The fraction of sp³-hybridized carbons (Fsp3) is 0.100. The second-order valence-corrected chi connectivity index (χ2v) is 6.24. The lowest BCUT2D eigenvalue weighted by Crippen LogP contribution is -2.00. The van der Waals surface area contributed by atoms with E-state index in [1.807, 2.05) is 0 Å². The van der Waals surface area contributed by atoms with Gasteiger partial charge in [0.25, 0.3) is 6.43 Å². The van der Waals surface area contributed by atoms with E-state index in [1.165, 1.54) is 41.2 Å². The van der Waals surface area contributed by atoms with Gasteiger partial charge in [-0.15, -0.1) is 0 Å². The van der Waals surface area contributed by atoms with E-state index in [9.17, 15) is 13.2 Å². The Hall–Kier alpha value is -3.55. The number of aromatic nitrogens is 3. The molecule has 2 aromatic heterocycles. The van der Waals surface area contributed by atoms with Gasteiger partial charge in [0.15, 0.2) is 17.1 Å². The van der Waals surface area contributed by atoms with Gasteiger partial charge < -0.3 is 9.47 Å². The monoisotopic (exact) mass is 383 g/mol. The normalized spacial score (nSPS) is 12.9. The molecule has 5 nitrogen and oxygen atoms in total. The highest BCUT2D eigenvalue weighted by Crippen LogP contribution is 2.37. The molecule has 0 unspecified atom stereocenters. The van der Waals surface area contributed by atoms with E-state index in [4.69, 9.17) is 9.47 Å². The predicted molar refractivity (Wildman–Crippen MR) is 95.3 cm³/mol. The summed E-state index contributed by atoms with van der Waals surface area (Å²) in [5.74, 6) is 0.725. The van der Waals surface area contributed by atoms with Crippen LogP contribution in [0.2, 0.25) is 0 Å². The minimum atomic E-state index is -2.70. The fourth-order valence-corrected chi connectivity index (χ4v) is 3.18. The van der Waals surface area contributed by atoms with E-state index < -0.39 is 12.2 Å². The summed E-state index contributed by atoms with van der Waals surface area (Å²) >= 11 is 0. The van der Waals surface area contributed by atoms with Crippen LogP contribution in [0.3, 0.4) is 0 Å². The number of fused-ring (bicyclic) bond motifs is 2. The van der Waals surface area contributed by atoms with Crippen molar-refractivity contribution in [3.63, 3.8) is 0 Å². The molecule has 140 valence electrons. The van der Waals surface area contributed by atoms with E-state index in [-0.39, 0.29) is 23.4 Å². The second kappa shape index (κ2) is 6.26. The van der Waals surface area contributed by atoms with E-state index in [0.717, 1.165) is 0 Å². The molecule has 0 amide bonds. The molecule has 2 aromatic carbocycles. The average molecular weight is 383 g/mol. The van der Waals surface area contributed by atoms with Gasteiger partial charge in [-0.1, -0.05) is 0 Å². The topological polar surface area (TPSA) is 49.2 Å². The van der Waals surface area contributed by atoms with Crippen molar-refractivity contribution in [3.05, 3.63) is 66.1 Å². The van der Waals surface area contributed by atoms with Crippen LogP contribution in [0.15, 0.2) is 54.7 Å². The largest absolute Gasteiger partial charge is 0.454 e. The lowest BCUT2D eigenvalue weighted by atomic mass is 10.1. The molecule has 0 saturated carbocycles. The molecule has 28 heavy (non-hydrogen) atoms. The molecule has 0 N–H and O–H groups in total. The van der Waals surface area contributed by atoms with Crippen LogP contribution in [-0.4, -0.2) is 21.6 Å². The highest BCUT2D eigenvalue weighted by molar-refractivity contribution is 5.84. The molecule has 0 spiro atoms. The van der Waals surface area contributed by atoms with E-state index in [1.54, 1.807) is 18.2 Å². The van der Waals surface area contributed by atoms with Gasteiger partial charge in [0.1, 0.15) is 5.82 Å². The van der Waals surface area contributed by atoms with Crippen molar-refractivity contribution < 1.29 is 22.6 Å². The molecule has 0 bridgehead atoms. The minimum Gasteiger partial charge on any atom is -0.454 e. The molecular formula is C20H12F3N3O2. The Bertz CT molecular complexity index is 1190. The van der Waals surface area contributed by atoms with Crippen molar-refractivity contribution in [1.82, 2.24) is 14.8 Å². The molecule has 1 aliphatic rings. The van der Waals surface area contributed by atoms with Crippen LogP contribution in [-0.2, 0) is 0 Å². The zero-order chi connectivity index (χ0) is 19.3. The smallest absolute Gasteiger partial charge is 0.264 e. The number of ether oxygens (including phenoxy) is 2. The highest BCUT2D eigenvalue weighted by Gasteiger charge is 2.20. The Morgan fingerprint density at radius 1 is 0.964 bits per heavy atom. The molecule has 3 heterocycles. The number of nitrogens with zero attached hydrogens (tertiary/aromatic N) is 3. The van der Waals surface area contributed by atoms with Crippen molar-refractivity contribution in [2.45, 2.75) is 6.43 Å². The van der Waals surface area contributed by atoms with Crippen molar-refractivity contribution in [3.8, 4) is 28.4 Å². The first-order chi connectivity index (χ1) is 13.6. The number of halogens is 3. The summed E-state index contributed by atoms with van der Waals surface area (Å²) in [6.45, 7) is 0.116. The SMILES string of the molecule is Fc1ccc(-n2ncc3c(C(F)F)cc(-c4ccc5c(c4)OCO5)nc32)cc1. The van der Waals surface area contributed by atoms with Crippen molar-refractivity contribution in [2.75, 3.05) is 6.79 Å². The third kappa shape index (κ3) is 2.65. The van der Waals surface area contributed by atoms with Gasteiger partial charge in [-0.05, 0) is 48.5 Å². The Kier molecular flexibility index (Phi) is 3.71. The third-order valence-corrected chi connectivity index (χ3v) is 4.55. The van der Waals surface area contributed by atoms with Gasteiger partial charge >= 0.3 is 0 Å². The van der Waals surface area contributed by atoms with Crippen LogP contribution in [0.25, 0.3) is 28.0 Å². The second-order valence-electron chi connectivity index (χ2n) is 6.24. The molecule has 0 saturated heterocycles. The summed E-state index contributed by atoms with van der Waals surface area (Å²) in [6, 6.07) is 12.1.